The first-order valence-electron chi connectivity index (χ1n) is 11.9. The number of aromatic nitrogens is 2. The highest BCUT2D eigenvalue weighted by Crippen LogP contribution is 2.24. The molecule has 2 heterocycles. The Kier molecular flexibility index (Phi) is 7.66. The number of rotatable bonds is 7. The molecule has 5 rings (SSSR count). The third-order valence-electron chi connectivity index (χ3n) is 6.17. The normalized spacial score (nSPS) is 11.9. The summed E-state index contributed by atoms with van der Waals surface area (Å²) in [6, 6.07) is 27.1. The highest BCUT2D eigenvalue weighted by molar-refractivity contribution is 14.1. The van der Waals surface area contributed by atoms with Crippen LogP contribution in [0.1, 0.15) is 22.5 Å². The summed E-state index contributed by atoms with van der Waals surface area (Å²) in [5, 5.41) is 18.0. The molecule has 2 aromatic heterocycles. The summed E-state index contributed by atoms with van der Waals surface area (Å²) in [7, 11) is 0. The Labute approximate surface area is 237 Å². The van der Waals surface area contributed by atoms with Gasteiger partial charge in [-0.05, 0) is 84.5 Å². The minimum absolute atomic E-state index is 0.0519. The van der Waals surface area contributed by atoms with Gasteiger partial charge in [0.1, 0.15) is 0 Å². The predicted octanol–water partition coefficient (Wildman–Crippen LogP) is 7.12. The van der Waals surface area contributed by atoms with Gasteiger partial charge in [0.15, 0.2) is 0 Å². The molecule has 0 amide bonds. The van der Waals surface area contributed by atoms with Crippen molar-refractivity contribution in [1.29, 1.82) is 0 Å². The number of non-ortho nitro benzene ring substituents is 1. The van der Waals surface area contributed by atoms with Crippen LogP contribution >= 0.6 is 33.9 Å². The number of benzene rings is 3. The largest absolute Gasteiger partial charge is 0.318 e. The number of thiazole rings is 1. The Morgan fingerprint density at radius 2 is 1.71 bits per heavy atom. The monoisotopic (exact) mass is 633 g/mol. The van der Waals surface area contributed by atoms with Crippen LogP contribution < -0.4 is 4.80 Å². The fraction of sp³-hybridized carbons (Fsp3) is 0.103. The number of hydrogen-bond donors (Lipinski definition) is 0. The molecule has 0 saturated carbocycles. The summed E-state index contributed by atoms with van der Waals surface area (Å²) >= 11 is 3.80. The molecule has 0 bridgehead atoms. The van der Waals surface area contributed by atoms with E-state index >= 15 is 0 Å². The fourth-order valence-corrected chi connectivity index (χ4v) is 5.44. The van der Waals surface area contributed by atoms with E-state index in [9.17, 15) is 10.1 Å². The van der Waals surface area contributed by atoms with Crippen molar-refractivity contribution < 1.29 is 4.92 Å². The van der Waals surface area contributed by atoms with Gasteiger partial charge in [-0.2, -0.15) is 5.10 Å². The maximum atomic E-state index is 11.1. The zero-order valence-electron chi connectivity index (χ0n) is 20.8. The molecule has 3 aromatic carbocycles. The lowest BCUT2D eigenvalue weighted by atomic mass is 10.1. The molecule has 0 aliphatic carbocycles. The predicted molar refractivity (Wildman–Crippen MR) is 161 cm³/mol. The van der Waals surface area contributed by atoms with E-state index in [1.54, 1.807) is 12.1 Å². The van der Waals surface area contributed by atoms with Crippen molar-refractivity contribution in [2.24, 2.45) is 10.1 Å². The number of nitrogens with zero attached hydrogens (tertiary/aromatic N) is 5. The van der Waals surface area contributed by atoms with E-state index in [-0.39, 0.29) is 5.69 Å². The smallest absolute Gasteiger partial charge is 0.269 e. The highest BCUT2D eigenvalue weighted by atomic mass is 127. The first-order chi connectivity index (χ1) is 18.4. The van der Waals surface area contributed by atoms with Gasteiger partial charge in [0, 0.05) is 49.3 Å². The first kappa shape index (κ1) is 25.8. The Bertz CT molecular complexity index is 1680. The van der Waals surface area contributed by atoms with Crippen molar-refractivity contribution in [2.75, 3.05) is 0 Å². The molecule has 0 aliphatic rings. The second-order valence-corrected chi connectivity index (χ2v) is 10.8. The summed E-state index contributed by atoms with van der Waals surface area (Å²) < 4.78 is 5.22. The van der Waals surface area contributed by atoms with Gasteiger partial charge in [-0.1, -0.05) is 30.3 Å². The fourth-order valence-electron chi connectivity index (χ4n) is 4.24. The maximum Gasteiger partial charge on any atom is 0.269 e. The number of hydrogen-bond acceptors (Lipinski definition) is 5. The number of nitro benzene ring substituents is 1. The second-order valence-electron chi connectivity index (χ2n) is 8.70. The van der Waals surface area contributed by atoms with Crippen molar-refractivity contribution in [1.82, 2.24) is 9.24 Å². The van der Waals surface area contributed by atoms with Crippen LogP contribution in [0.5, 0.6) is 0 Å². The Balaban J connectivity index is 1.56. The first-order valence-corrected chi connectivity index (χ1v) is 13.9. The van der Waals surface area contributed by atoms with Gasteiger partial charge in [0.05, 0.1) is 23.4 Å². The van der Waals surface area contributed by atoms with Crippen molar-refractivity contribution in [3.8, 4) is 16.9 Å². The molecule has 0 N–H and O–H groups in total. The van der Waals surface area contributed by atoms with Crippen LogP contribution in [0.2, 0.25) is 0 Å². The van der Waals surface area contributed by atoms with Gasteiger partial charge >= 0.3 is 0 Å². The van der Waals surface area contributed by atoms with E-state index in [1.807, 2.05) is 46.6 Å². The molecule has 38 heavy (non-hydrogen) atoms. The van der Waals surface area contributed by atoms with E-state index in [0.717, 1.165) is 44.3 Å². The molecule has 5 aromatic rings. The molecule has 9 heteroatoms. The third kappa shape index (κ3) is 5.53. The summed E-state index contributed by atoms with van der Waals surface area (Å²) in [6.07, 6.45) is 1.86. The van der Waals surface area contributed by atoms with Crippen LogP contribution in [-0.2, 0) is 6.54 Å². The lowest BCUT2D eigenvalue weighted by molar-refractivity contribution is -0.384. The second kappa shape index (κ2) is 11.3. The average molecular weight is 634 g/mol. The number of halogens is 1. The Morgan fingerprint density at radius 3 is 2.39 bits per heavy atom. The SMILES string of the molecule is Cc1cc(C=Nn2c(-c3ccc([N+](=O)[O-])cc3)csc2=NCc2ccccc2)c(C)n1-c1ccc(I)cc1. The van der Waals surface area contributed by atoms with Crippen LogP contribution in [0.4, 0.5) is 5.69 Å². The molecular formula is C29H24IN5O2S. The van der Waals surface area contributed by atoms with Gasteiger partial charge in [-0.15, -0.1) is 11.3 Å². The number of nitro groups is 1. The highest BCUT2D eigenvalue weighted by Gasteiger charge is 2.12. The van der Waals surface area contributed by atoms with Crippen molar-refractivity contribution >= 4 is 45.8 Å². The zero-order chi connectivity index (χ0) is 26.6. The zero-order valence-corrected chi connectivity index (χ0v) is 23.8. The van der Waals surface area contributed by atoms with Gasteiger partial charge in [-0.25, -0.2) is 4.68 Å². The molecule has 0 saturated heterocycles. The van der Waals surface area contributed by atoms with Gasteiger partial charge in [-0.3, -0.25) is 15.1 Å². The van der Waals surface area contributed by atoms with Crippen molar-refractivity contribution in [2.45, 2.75) is 20.4 Å². The van der Waals surface area contributed by atoms with E-state index < -0.39 is 4.92 Å². The molecular weight excluding hydrogens is 609 g/mol. The molecule has 0 aliphatic heterocycles. The molecule has 190 valence electrons. The third-order valence-corrected chi connectivity index (χ3v) is 7.74. The van der Waals surface area contributed by atoms with Crippen LogP contribution in [-0.4, -0.2) is 20.4 Å². The summed E-state index contributed by atoms with van der Waals surface area (Å²) in [6.45, 7) is 4.70. The van der Waals surface area contributed by atoms with Crippen molar-refractivity contribution in [3.05, 3.63) is 131 Å². The Morgan fingerprint density at radius 1 is 1.00 bits per heavy atom. The van der Waals surface area contributed by atoms with E-state index in [1.165, 1.54) is 27.0 Å². The molecule has 0 unspecified atom stereocenters. The van der Waals surface area contributed by atoms with Crippen LogP contribution in [0.25, 0.3) is 16.9 Å². The lowest BCUT2D eigenvalue weighted by Gasteiger charge is -2.09. The van der Waals surface area contributed by atoms with Gasteiger partial charge in [0.2, 0.25) is 4.80 Å². The topological polar surface area (TPSA) is 77.7 Å². The number of aryl methyl sites for hydroxylation is 1. The van der Waals surface area contributed by atoms with Crippen molar-refractivity contribution in [3.63, 3.8) is 0 Å². The summed E-state index contributed by atoms with van der Waals surface area (Å²) in [5.74, 6) is 0. The average Bonchev–Trinajstić information content (AvgIpc) is 3.46. The van der Waals surface area contributed by atoms with E-state index in [4.69, 9.17) is 10.1 Å². The van der Waals surface area contributed by atoms with E-state index in [0.29, 0.717) is 6.54 Å². The van der Waals surface area contributed by atoms with Crippen LogP contribution in [0.3, 0.4) is 0 Å². The molecule has 0 spiro atoms. The minimum atomic E-state index is -0.395. The van der Waals surface area contributed by atoms with E-state index in [2.05, 4.69) is 71.3 Å². The standard InChI is InChI=1S/C29H24IN5O2S/c1-20-16-24(21(2)33(20)26-14-10-25(30)11-15-26)18-32-34-28(23-8-12-27(13-9-23)35(36)37)19-38-29(34)31-17-22-6-4-3-5-7-22/h3-16,18-19H,17H2,1-2H3. The lowest BCUT2D eigenvalue weighted by Crippen LogP contribution is -2.12. The molecule has 0 atom stereocenters. The van der Waals surface area contributed by atoms with Crippen LogP contribution in [0, 0.1) is 27.5 Å². The molecule has 0 radical (unpaired) electrons. The molecule has 7 nitrogen and oxygen atoms in total. The summed E-state index contributed by atoms with van der Waals surface area (Å²) in [5.41, 5.74) is 7.11. The van der Waals surface area contributed by atoms with Crippen LogP contribution in [0.15, 0.2) is 100 Å². The maximum absolute atomic E-state index is 11.1. The van der Waals surface area contributed by atoms with Gasteiger partial charge in [0.25, 0.3) is 5.69 Å². The quantitative estimate of drug-likeness (QED) is 0.0829. The Hall–Kier alpha value is -3.83. The summed E-state index contributed by atoms with van der Waals surface area (Å²) in [4.78, 5) is 16.3. The van der Waals surface area contributed by atoms with Gasteiger partial charge < -0.3 is 4.57 Å². The minimum Gasteiger partial charge on any atom is -0.318 e. The molecule has 0 fully saturated rings.